The van der Waals surface area contributed by atoms with Crippen molar-refractivity contribution in [3.05, 3.63) is 58.8 Å². The molecule has 0 saturated heterocycles. The number of anilines is 1. The fourth-order valence-corrected chi connectivity index (χ4v) is 2.64. The summed E-state index contributed by atoms with van der Waals surface area (Å²) in [5.74, 6) is 1.54. The van der Waals surface area contributed by atoms with Gasteiger partial charge in [0.1, 0.15) is 5.82 Å². The predicted octanol–water partition coefficient (Wildman–Crippen LogP) is 3.92. The second-order valence-electron chi connectivity index (χ2n) is 4.96. The first-order valence-electron chi connectivity index (χ1n) is 6.71. The van der Waals surface area contributed by atoms with Gasteiger partial charge in [0.15, 0.2) is 0 Å². The molecular formula is C16H17ClN2. The van der Waals surface area contributed by atoms with Crippen molar-refractivity contribution in [3.63, 3.8) is 0 Å². The van der Waals surface area contributed by atoms with E-state index in [1.165, 1.54) is 29.7 Å². The van der Waals surface area contributed by atoms with Gasteiger partial charge in [0, 0.05) is 18.1 Å². The van der Waals surface area contributed by atoms with Crippen LogP contribution in [0, 0.1) is 0 Å². The minimum Gasteiger partial charge on any atom is -0.366 e. The van der Waals surface area contributed by atoms with Crippen LogP contribution in [0.1, 0.15) is 28.8 Å². The molecule has 1 aromatic carbocycles. The molecule has 0 atom stereocenters. The molecule has 1 heterocycles. The zero-order valence-electron chi connectivity index (χ0n) is 10.8. The van der Waals surface area contributed by atoms with Crippen LogP contribution >= 0.6 is 11.6 Å². The number of aromatic nitrogens is 1. The van der Waals surface area contributed by atoms with Crippen LogP contribution in [0.25, 0.3) is 0 Å². The molecule has 3 heteroatoms. The zero-order chi connectivity index (χ0) is 13.1. The van der Waals surface area contributed by atoms with Crippen molar-refractivity contribution < 1.29 is 0 Å². The molecule has 0 aliphatic heterocycles. The lowest BCUT2D eigenvalue weighted by Crippen LogP contribution is -2.02. The molecule has 1 N–H and O–H groups in total. The number of fused-ring (bicyclic) bond motifs is 1. The third-order valence-electron chi connectivity index (χ3n) is 3.58. The van der Waals surface area contributed by atoms with Gasteiger partial charge in [-0.1, -0.05) is 30.3 Å². The molecule has 0 saturated carbocycles. The van der Waals surface area contributed by atoms with E-state index in [1.807, 2.05) is 0 Å². The summed E-state index contributed by atoms with van der Waals surface area (Å²) in [6.45, 7) is 0.800. The summed E-state index contributed by atoms with van der Waals surface area (Å²) in [4.78, 5) is 4.67. The van der Waals surface area contributed by atoms with E-state index in [1.54, 1.807) is 0 Å². The van der Waals surface area contributed by atoms with Crippen molar-refractivity contribution >= 4 is 17.4 Å². The van der Waals surface area contributed by atoms with Gasteiger partial charge in [-0.05, 0) is 42.0 Å². The molecule has 0 radical (unpaired) electrons. The lowest BCUT2D eigenvalue weighted by Gasteiger charge is -2.08. The van der Waals surface area contributed by atoms with E-state index in [9.17, 15) is 0 Å². The number of nitrogens with one attached hydrogen (secondary N) is 1. The highest BCUT2D eigenvalue weighted by molar-refractivity contribution is 6.17. The zero-order valence-corrected chi connectivity index (χ0v) is 11.6. The average molecular weight is 273 g/mol. The minimum atomic E-state index is 0.570. The molecule has 0 bridgehead atoms. The summed E-state index contributed by atoms with van der Waals surface area (Å²) in [6.07, 6.45) is 3.55. The maximum Gasteiger partial charge on any atom is 0.126 e. The van der Waals surface area contributed by atoms with Crippen molar-refractivity contribution in [1.82, 2.24) is 4.98 Å². The summed E-state index contributed by atoms with van der Waals surface area (Å²) in [5, 5.41) is 3.38. The molecule has 0 amide bonds. The molecule has 19 heavy (non-hydrogen) atoms. The number of alkyl halides is 1. The summed E-state index contributed by atoms with van der Waals surface area (Å²) < 4.78 is 0. The summed E-state index contributed by atoms with van der Waals surface area (Å²) in [7, 11) is 0. The van der Waals surface area contributed by atoms with Crippen molar-refractivity contribution in [1.29, 1.82) is 0 Å². The van der Waals surface area contributed by atoms with Crippen molar-refractivity contribution in [2.75, 3.05) is 5.32 Å². The van der Waals surface area contributed by atoms with Crippen LogP contribution < -0.4 is 5.32 Å². The topological polar surface area (TPSA) is 24.9 Å². The molecule has 3 rings (SSSR count). The SMILES string of the molecule is ClCc1ccc(CNc2ccc3c(n2)CCC3)cc1. The Labute approximate surface area is 118 Å². The van der Waals surface area contributed by atoms with E-state index in [0.717, 1.165) is 24.3 Å². The Morgan fingerprint density at radius 1 is 1.00 bits per heavy atom. The highest BCUT2D eigenvalue weighted by Crippen LogP contribution is 2.21. The number of aryl methyl sites for hydroxylation is 2. The lowest BCUT2D eigenvalue weighted by atomic mass is 10.1. The Hall–Kier alpha value is -1.54. The number of halogens is 1. The summed E-state index contributed by atoms with van der Waals surface area (Å²) in [6, 6.07) is 12.6. The standard InChI is InChI=1S/C16H17ClN2/c17-10-12-4-6-13(7-5-12)11-18-16-9-8-14-2-1-3-15(14)19-16/h4-9H,1-3,10-11H2,(H,18,19). The largest absolute Gasteiger partial charge is 0.366 e. The number of benzene rings is 1. The molecule has 1 aliphatic rings. The molecular weight excluding hydrogens is 256 g/mol. The van der Waals surface area contributed by atoms with Crippen LogP contribution in [0.5, 0.6) is 0 Å². The number of hydrogen-bond acceptors (Lipinski definition) is 2. The summed E-state index contributed by atoms with van der Waals surface area (Å²) in [5.41, 5.74) is 5.08. The summed E-state index contributed by atoms with van der Waals surface area (Å²) >= 11 is 5.78. The molecule has 98 valence electrons. The number of hydrogen-bond donors (Lipinski definition) is 1. The Bertz CT molecular complexity index is 563. The van der Waals surface area contributed by atoms with E-state index in [-0.39, 0.29) is 0 Å². The van der Waals surface area contributed by atoms with Gasteiger partial charge in [-0.25, -0.2) is 4.98 Å². The van der Waals surface area contributed by atoms with Gasteiger partial charge < -0.3 is 5.32 Å². The van der Waals surface area contributed by atoms with Crippen molar-refractivity contribution in [2.45, 2.75) is 31.7 Å². The van der Waals surface area contributed by atoms with E-state index < -0.39 is 0 Å². The average Bonchev–Trinajstić information content (AvgIpc) is 2.93. The fraction of sp³-hybridized carbons (Fsp3) is 0.312. The smallest absolute Gasteiger partial charge is 0.126 e. The van der Waals surface area contributed by atoms with E-state index in [4.69, 9.17) is 11.6 Å². The first-order chi connectivity index (χ1) is 9.35. The first kappa shape index (κ1) is 12.5. The van der Waals surface area contributed by atoms with Crippen LogP contribution in [0.15, 0.2) is 36.4 Å². The lowest BCUT2D eigenvalue weighted by molar-refractivity contribution is 0.899. The highest BCUT2D eigenvalue weighted by atomic mass is 35.5. The normalized spacial score (nSPS) is 13.3. The van der Waals surface area contributed by atoms with Crippen molar-refractivity contribution in [2.24, 2.45) is 0 Å². The molecule has 0 spiro atoms. The molecule has 0 fully saturated rings. The van der Waals surface area contributed by atoms with E-state index in [0.29, 0.717) is 5.88 Å². The van der Waals surface area contributed by atoms with Gasteiger partial charge >= 0.3 is 0 Å². The van der Waals surface area contributed by atoms with Crippen molar-refractivity contribution in [3.8, 4) is 0 Å². The van der Waals surface area contributed by atoms with Gasteiger partial charge in [0.25, 0.3) is 0 Å². The second-order valence-corrected chi connectivity index (χ2v) is 5.23. The van der Waals surface area contributed by atoms with Crippen LogP contribution in [-0.4, -0.2) is 4.98 Å². The quantitative estimate of drug-likeness (QED) is 0.854. The molecule has 2 nitrogen and oxygen atoms in total. The molecule has 1 aliphatic carbocycles. The van der Waals surface area contributed by atoms with Gasteiger partial charge in [0.05, 0.1) is 0 Å². The number of rotatable bonds is 4. The predicted molar refractivity (Wildman–Crippen MR) is 79.6 cm³/mol. The number of pyridine rings is 1. The first-order valence-corrected chi connectivity index (χ1v) is 7.25. The van der Waals surface area contributed by atoms with Crippen LogP contribution in [0.2, 0.25) is 0 Å². The minimum absolute atomic E-state index is 0.570. The molecule has 1 aromatic heterocycles. The monoisotopic (exact) mass is 272 g/mol. The number of nitrogens with zero attached hydrogens (tertiary/aromatic N) is 1. The Balaban J connectivity index is 1.65. The van der Waals surface area contributed by atoms with Gasteiger partial charge in [-0.2, -0.15) is 0 Å². The van der Waals surface area contributed by atoms with Gasteiger partial charge in [-0.3, -0.25) is 0 Å². The van der Waals surface area contributed by atoms with Gasteiger partial charge in [0.2, 0.25) is 0 Å². The van der Waals surface area contributed by atoms with Crippen LogP contribution in [0.4, 0.5) is 5.82 Å². The van der Waals surface area contributed by atoms with E-state index >= 15 is 0 Å². The third-order valence-corrected chi connectivity index (χ3v) is 3.89. The maximum atomic E-state index is 5.78. The highest BCUT2D eigenvalue weighted by Gasteiger charge is 2.12. The Kier molecular flexibility index (Phi) is 3.69. The second kappa shape index (κ2) is 5.62. The Morgan fingerprint density at radius 3 is 2.58 bits per heavy atom. The fourth-order valence-electron chi connectivity index (χ4n) is 2.46. The van der Waals surface area contributed by atoms with E-state index in [2.05, 4.69) is 46.7 Å². The van der Waals surface area contributed by atoms with Gasteiger partial charge in [-0.15, -0.1) is 11.6 Å². The van der Waals surface area contributed by atoms with Crippen LogP contribution in [-0.2, 0) is 25.3 Å². The molecule has 2 aromatic rings. The Morgan fingerprint density at radius 2 is 1.79 bits per heavy atom. The van der Waals surface area contributed by atoms with Crippen LogP contribution in [0.3, 0.4) is 0 Å². The third kappa shape index (κ3) is 2.90. The maximum absolute atomic E-state index is 5.78. The molecule has 0 unspecified atom stereocenters.